The van der Waals surface area contributed by atoms with Crippen molar-refractivity contribution in [1.29, 1.82) is 0 Å². The monoisotopic (exact) mass is 338 g/mol. The predicted octanol–water partition coefficient (Wildman–Crippen LogP) is 3.48. The highest BCUT2D eigenvalue weighted by molar-refractivity contribution is 7.13. The maximum atomic E-state index is 12.8. The molecule has 1 aliphatic heterocycles. The second-order valence-electron chi connectivity index (χ2n) is 5.96. The first-order valence-electron chi connectivity index (χ1n) is 8.09. The van der Waals surface area contributed by atoms with Crippen LogP contribution >= 0.6 is 11.3 Å². The Hall–Kier alpha value is -2.47. The summed E-state index contributed by atoms with van der Waals surface area (Å²) in [7, 11) is 0. The van der Waals surface area contributed by atoms with E-state index in [1.807, 2.05) is 53.1 Å². The highest BCUT2D eigenvalue weighted by atomic mass is 32.1. The topological polar surface area (TPSA) is 51.0 Å². The molecule has 2 aromatic heterocycles. The second kappa shape index (κ2) is 6.57. The van der Waals surface area contributed by atoms with Crippen molar-refractivity contribution in [3.63, 3.8) is 0 Å². The molecule has 122 valence electrons. The van der Waals surface area contributed by atoms with Gasteiger partial charge in [-0.05, 0) is 12.8 Å². The molecule has 6 heteroatoms. The standard InChI is InChI=1S/C18H18N4OS/c23-18(16-12-24-17(20-16)14-5-2-1-3-6-14)21-9-4-7-15(11-21)22-10-8-19-13-22/h1-3,5-6,8,10,12-13,15H,4,7,9,11H2. The first-order valence-corrected chi connectivity index (χ1v) is 8.97. The number of rotatable bonds is 3. The average molecular weight is 338 g/mol. The number of likely N-dealkylation sites (tertiary alicyclic amines) is 1. The summed E-state index contributed by atoms with van der Waals surface area (Å²) in [6.07, 6.45) is 7.66. The predicted molar refractivity (Wildman–Crippen MR) is 94.0 cm³/mol. The van der Waals surface area contributed by atoms with Gasteiger partial charge in [0.2, 0.25) is 0 Å². The van der Waals surface area contributed by atoms with E-state index in [0.717, 1.165) is 30.0 Å². The molecule has 0 aliphatic carbocycles. The summed E-state index contributed by atoms with van der Waals surface area (Å²) in [6.45, 7) is 1.51. The van der Waals surface area contributed by atoms with Crippen LogP contribution in [0.1, 0.15) is 29.4 Å². The maximum Gasteiger partial charge on any atom is 0.273 e. The Morgan fingerprint density at radius 2 is 2.12 bits per heavy atom. The Balaban J connectivity index is 1.50. The van der Waals surface area contributed by atoms with Crippen molar-refractivity contribution < 1.29 is 4.79 Å². The van der Waals surface area contributed by atoms with Crippen LogP contribution in [0.25, 0.3) is 10.6 Å². The van der Waals surface area contributed by atoms with Gasteiger partial charge in [-0.1, -0.05) is 30.3 Å². The van der Waals surface area contributed by atoms with Gasteiger partial charge in [-0.15, -0.1) is 11.3 Å². The van der Waals surface area contributed by atoms with E-state index in [4.69, 9.17) is 0 Å². The fourth-order valence-corrected chi connectivity index (χ4v) is 3.92. The first kappa shape index (κ1) is 15.1. The number of carbonyl (C=O) groups is 1. The summed E-state index contributed by atoms with van der Waals surface area (Å²) >= 11 is 1.52. The summed E-state index contributed by atoms with van der Waals surface area (Å²) in [5, 5.41) is 2.76. The summed E-state index contributed by atoms with van der Waals surface area (Å²) in [4.78, 5) is 23.4. The van der Waals surface area contributed by atoms with Crippen LogP contribution in [0.2, 0.25) is 0 Å². The molecule has 0 bridgehead atoms. The number of hydrogen-bond acceptors (Lipinski definition) is 4. The number of amides is 1. The molecular weight excluding hydrogens is 320 g/mol. The zero-order chi connectivity index (χ0) is 16.4. The van der Waals surface area contributed by atoms with Crippen LogP contribution in [0.3, 0.4) is 0 Å². The number of imidazole rings is 1. The minimum absolute atomic E-state index is 0.0262. The van der Waals surface area contributed by atoms with Gasteiger partial charge in [0.25, 0.3) is 5.91 Å². The van der Waals surface area contributed by atoms with Crippen LogP contribution in [0.5, 0.6) is 0 Å². The van der Waals surface area contributed by atoms with Crippen LogP contribution in [0, 0.1) is 0 Å². The van der Waals surface area contributed by atoms with Crippen molar-refractivity contribution in [1.82, 2.24) is 19.4 Å². The van der Waals surface area contributed by atoms with Gasteiger partial charge in [-0.3, -0.25) is 4.79 Å². The molecule has 1 atom stereocenters. The number of hydrogen-bond donors (Lipinski definition) is 0. The van der Waals surface area contributed by atoms with Crippen molar-refractivity contribution in [3.05, 3.63) is 60.1 Å². The molecule has 1 saturated heterocycles. The fraction of sp³-hybridized carbons (Fsp3) is 0.278. The van der Waals surface area contributed by atoms with Crippen molar-refractivity contribution in [2.45, 2.75) is 18.9 Å². The van der Waals surface area contributed by atoms with Gasteiger partial charge in [-0.2, -0.15) is 0 Å². The third kappa shape index (κ3) is 2.97. The van der Waals surface area contributed by atoms with Gasteiger partial charge in [0.05, 0.1) is 12.4 Å². The molecule has 24 heavy (non-hydrogen) atoms. The highest BCUT2D eigenvalue weighted by Crippen LogP contribution is 2.26. The second-order valence-corrected chi connectivity index (χ2v) is 6.82. The summed E-state index contributed by atoms with van der Waals surface area (Å²) in [6, 6.07) is 10.3. The summed E-state index contributed by atoms with van der Waals surface area (Å²) < 4.78 is 2.09. The molecule has 1 fully saturated rings. The van der Waals surface area contributed by atoms with E-state index in [-0.39, 0.29) is 5.91 Å². The van der Waals surface area contributed by atoms with Crippen molar-refractivity contribution >= 4 is 17.2 Å². The normalized spacial score (nSPS) is 17.8. The van der Waals surface area contributed by atoms with Crippen LogP contribution in [-0.2, 0) is 0 Å². The van der Waals surface area contributed by atoms with E-state index in [2.05, 4.69) is 14.5 Å². The Morgan fingerprint density at radius 1 is 1.25 bits per heavy atom. The number of carbonyl (C=O) groups excluding carboxylic acids is 1. The molecule has 3 aromatic rings. The zero-order valence-corrected chi connectivity index (χ0v) is 14.0. The maximum absolute atomic E-state index is 12.8. The molecule has 0 saturated carbocycles. The number of thiazole rings is 1. The number of piperidine rings is 1. The Labute approximate surface area is 144 Å². The SMILES string of the molecule is O=C(c1csc(-c2ccccc2)n1)N1CCCC(n2ccnc2)C1. The molecule has 1 amide bonds. The number of benzene rings is 1. The summed E-state index contributed by atoms with van der Waals surface area (Å²) in [5.74, 6) is 0.0262. The lowest BCUT2D eigenvalue weighted by Gasteiger charge is -2.32. The Morgan fingerprint density at radius 3 is 2.92 bits per heavy atom. The quantitative estimate of drug-likeness (QED) is 0.734. The van der Waals surface area contributed by atoms with E-state index in [0.29, 0.717) is 18.3 Å². The smallest absolute Gasteiger partial charge is 0.273 e. The minimum Gasteiger partial charge on any atom is -0.335 e. The van der Waals surface area contributed by atoms with Gasteiger partial charge in [0.1, 0.15) is 10.7 Å². The number of aromatic nitrogens is 3. The van der Waals surface area contributed by atoms with Gasteiger partial charge >= 0.3 is 0 Å². The van der Waals surface area contributed by atoms with Crippen LogP contribution in [0.15, 0.2) is 54.4 Å². The van der Waals surface area contributed by atoms with Crippen molar-refractivity contribution in [3.8, 4) is 10.6 Å². The van der Waals surface area contributed by atoms with Gasteiger partial charge in [-0.25, -0.2) is 9.97 Å². The molecule has 0 N–H and O–H groups in total. The molecule has 3 heterocycles. The van der Waals surface area contributed by atoms with Crippen molar-refractivity contribution in [2.24, 2.45) is 0 Å². The van der Waals surface area contributed by atoms with Crippen LogP contribution in [0.4, 0.5) is 0 Å². The lowest BCUT2D eigenvalue weighted by atomic mass is 10.1. The van der Waals surface area contributed by atoms with Gasteiger partial charge in [0.15, 0.2) is 0 Å². The summed E-state index contributed by atoms with van der Waals surface area (Å²) in [5.41, 5.74) is 1.60. The largest absolute Gasteiger partial charge is 0.335 e. The molecule has 0 radical (unpaired) electrons. The molecule has 0 spiro atoms. The van der Waals surface area contributed by atoms with E-state index in [9.17, 15) is 4.79 Å². The van der Waals surface area contributed by atoms with Crippen molar-refractivity contribution in [2.75, 3.05) is 13.1 Å². The van der Waals surface area contributed by atoms with Crippen LogP contribution in [-0.4, -0.2) is 38.4 Å². The third-order valence-corrected chi connectivity index (χ3v) is 5.27. The van der Waals surface area contributed by atoms with Gasteiger partial charge < -0.3 is 9.47 Å². The fourth-order valence-electron chi connectivity index (χ4n) is 3.12. The van der Waals surface area contributed by atoms with E-state index in [1.54, 1.807) is 6.20 Å². The van der Waals surface area contributed by atoms with Crippen LogP contribution < -0.4 is 0 Å². The Kier molecular flexibility index (Phi) is 4.13. The molecule has 1 unspecified atom stereocenters. The lowest BCUT2D eigenvalue weighted by molar-refractivity contribution is 0.0674. The van der Waals surface area contributed by atoms with Gasteiger partial charge in [0, 0.05) is 36.4 Å². The number of nitrogens with zero attached hydrogens (tertiary/aromatic N) is 4. The van der Waals surface area contributed by atoms with E-state index < -0.39 is 0 Å². The molecular formula is C18H18N4OS. The minimum atomic E-state index is 0.0262. The third-order valence-electron chi connectivity index (χ3n) is 4.37. The zero-order valence-electron chi connectivity index (χ0n) is 13.2. The average Bonchev–Trinajstić information content (AvgIpc) is 3.34. The molecule has 4 rings (SSSR count). The van der Waals surface area contributed by atoms with E-state index in [1.165, 1.54) is 11.3 Å². The lowest BCUT2D eigenvalue weighted by Crippen LogP contribution is -2.40. The highest BCUT2D eigenvalue weighted by Gasteiger charge is 2.26. The first-order chi connectivity index (χ1) is 11.8. The molecule has 5 nitrogen and oxygen atoms in total. The molecule has 1 aliphatic rings. The molecule has 1 aromatic carbocycles. The Bertz CT molecular complexity index is 813. The van der Waals surface area contributed by atoms with E-state index >= 15 is 0 Å².